The predicted molar refractivity (Wildman–Crippen MR) is 263 cm³/mol. The summed E-state index contributed by atoms with van der Waals surface area (Å²) in [5.74, 6) is 1.82. The van der Waals surface area contributed by atoms with Crippen molar-refractivity contribution in [1.29, 1.82) is 5.26 Å². The first-order chi connectivity index (χ1) is 31.7. The standard InChI is InChI=1S/C60H38N4/c61-39-57-48(31-16-32-54(57)51-27-11-13-29-53(51)56-38-45-21-7-8-25-49(45)50-26-10-12-28-52(50)56)42-35-33-40(34-36-42)44-22-15-23-46(37-44)59-62-58(43-19-5-2-6-20-43)63-60(64-59)55-30-14-9-24-47(55)41-17-3-1-4-18-41/h1-38H. The van der Waals surface area contributed by atoms with E-state index in [4.69, 9.17) is 15.0 Å². The Morgan fingerprint density at radius 3 is 1.47 bits per heavy atom. The third kappa shape index (κ3) is 7.08. The molecule has 11 aromatic rings. The minimum Gasteiger partial charge on any atom is -0.208 e. The van der Waals surface area contributed by atoms with E-state index in [0.717, 1.165) is 72.3 Å². The molecule has 0 unspecified atom stereocenters. The molecule has 1 aromatic heterocycles. The summed E-state index contributed by atoms with van der Waals surface area (Å²) in [6.07, 6.45) is 0. The predicted octanol–water partition coefficient (Wildman–Crippen LogP) is 15.4. The average molecular weight is 815 g/mol. The Kier molecular flexibility index (Phi) is 9.89. The fourth-order valence-corrected chi connectivity index (χ4v) is 8.94. The third-order valence-electron chi connectivity index (χ3n) is 12.0. The SMILES string of the molecule is N#Cc1c(-c2ccc(-c3cccc(-c4nc(-c5ccccc5)nc(-c5ccccc5-c5ccccc5)n4)c3)cc2)cccc1-c1ccccc1-c1cc2ccccc2c2ccccc12. The summed E-state index contributed by atoms with van der Waals surface area (Å²) >= 11 is 0. The van der Waals surface area contributed by atoms with Crippen molar-refractivity contribution in [3.63, 3.8) is 0 Å². The van der Waals surface area contributed by atoms with Crippen LogP contribution in [0.5, 0.6) is 0 Å². The van der Waals surface area contributed by atoms with Crippen LogP contribution in [0.3, 0.4) is 0 Å². The van der Waals surface area contributed by atoms with Gasteiger partial charge in [0.05, 0.1) is 5.56 Å². The maximum absolute atomic E-state index is 10.9. The summed E-state index contributed by atoms with van der Waals surface area (Å²) in [7, 11) is 0. The van der Waals surface area contributed by atoms with Crippen LogP contribution < -0.4 is 0 Å². The zero-order chi connectivity index (χ0) is 42.8. The van der Waals surface area contributed by atoms with E-state index in [-0.39, 0.29) is 0 Å². The highest BCUT2D eigenvalue weighted by Crippen LogP contribution is 2.42. The lowest BCUT2D eigenvalue weighted by Crippen LogP contribution is -2.01. The Labute approximate surface area is 372 Å². The smallest absolute Gasteiger partial charge is 0.164 e. The van der Waals surface area contributed by atoms with Gasteiger partial charge in [0.1, 0.15) is 6.07 Å². The zero-order valence-electron chi connectivity index (χ0n) is 34.7. The molecule has 0 bridgehead atoms. The second kappa shape index (κ2) is 16.6. The van der Waals surface area contributed by atoms with Gasteiger partial charge in [-0.1, -0.05) is 218 Å². The minimum atomic E-state index is 0.595. The van der Waals surface area contributed by atoms with Gasteiger partial charge < -0.3 is 0 Å². The van der Waals surface area contributed by atoms with Gasteiger partial charge in [0.15, 0.2) is 17.5 Å². The lowest BCUT2D eigenvalue weighted by atomic mass is 9.86. The van der Waals surface area contributed by atoms with E-state index >= 15 is 0 Å². The molecule has 298 valence electrons. The van der Waals surface area contributed by atoms with Crippen molar-refractivity contribution in [2.75, 3.05) is 0 Å². The van der Waals surface area contributed by atoms with Crippen LogP contribution in [0.2, 0.25) is 0 Å². The molecule has 0 saturated carbocycles. The van der Waals surface area contributed by atoms with E-state index in [0.29, 0.717) is 23.0 Å². The highest BCUT2D eigenvalue weighted by Gasteiger charge is 2.19. The van der Waals surface area contributed by atoms with E-state index in [1.165, 1.54) is 21.5 Å². The van der Waals surface area contributed by atoms with Crippen LogP contribution in [0.15, 0.2) is 231 Å². The molecule has 0 N–H and O–H groups in total. The van der Waals surface area contributed by atoms with E-state index in [1.54, 1.807) is 0 Å². The molecule has 0 fully saturated rings. The second-order valence-corrected chi connectivity index (χ2v) is 15.8. The van der Waals surface area contributed by atoms with Crippen molar-refractivity contribution in [3.8, 4) is 95.9 Å². The summed E-state index contributed by atoms with van der Waals surface area (Å²) in [5.41, 5.74) is 13.6. The molecule has 0 atom stereocenters. The molecule has 0 aliphatic rings. The van der Waals surface area contributed by atoms with Crippen LogP contribution in [0.4, 0.5) is 0 Å². The van der Waals surface area contributed by atoms with E-state index < -0.39 is 0 Å². The van der Waals surface area contributed by atoms with E-state index in [2.05, 4.69) is 170 Å². The van der Waals surface area contributed by atoms with Crippen LogP contribution >= 0.6 is 0 Å². The van der Waals surface area contributed by atoms with Crippen LogP contribution in [-0.2, 0) is 0 Å². The van der Waals surface area contributed by atoms with Gasteiger partial charge in [0, 0.05) is 27.8 Å². The Balaban J connectivity index is 0.961. The van der Waals surface area contributed by atoms with Gasteiger partial charge in [-0.15, -0.1) is 0 Å². The number of rotatable bonds is 8. The summed E-state index contributed by atoms with van der Waals surface area (Å²) in [6, 6.07) is 82.2. The van der Waals surface area contributed by atoms with E-state index in [9.17, 15) is 5.26 Å². The fourth-order valence-electron chi connectivity index (χ4n) is 8.94. The lowest BCUT2D eigenvalue weighted by Gasteiger charge is -2.17. The normalized spacial score (nSPS) is 11.1. The topological polar surface area (TPSA) is 62.5 Å². The molecule has 4 nitrogen and oxygen atoms in total. The fraction of sp³-hybridized carbons (Fsp3) is 0. The summed E-state index contributed by atoms with van der Waals surface area (Å²) in [4.78, 5) is 15.2. The molecule has 0 aliphatic carbocycles. The molecule has 0 saturated heterocycles. The molecule has 0 amide bonds. The number of hydrogen-bond acceptors (Lipinski definition) is 4. The first kappa shape index (κ1) is 38.2. The van der Waals surface area contributed by atoms with Crippen molar-refractivity contribution in [2.24, 2.45) is 0 Å². The zero-order valence-corrected chi connectivity index (χ0v) is 34.7. The summed E-state index contributed by atoms with van der Waals surface area (Å²) < 4.78 is 0. The third-order valence-corrected chi connectivity index (χ3v) is 12.0. The Morgan fingerprint density at radius 1 is 0.266 bits per heavy atom. The van der Waals surface area contributed by atoms with Gasteiger partial charge >= 0.3 is 0 Å². The van der Waals surface area contributed by atoms with Crippen molar-refractivity contribution < 1.29 is 0 Å². The van der Waals surface area contributed by atoms with Crippen LogP contribution in [0, 0.1) is 11.3 Å². The Morgan fingerprint density at radius 2 is 0.734 bits per heavy atom. The average Bonchev–Trinajstić information content (AvgIpc) is 3.38. The Bertz CT molecular complexity index is 3550. The largest absolute Gasteiger partial charge is 0.208 e. The molecule has 1 heterocycles. The molecule has 0 radical (unpaired) electrons. The van der Waals surface area contributed by atoms with Crippen molar-refractivity contribution >= 4 is 21.5 Å². The monoisotopic (exact) mass is 814 g/mol. The van der Waals surface area contributed by atoms with Crippen molar-refractivity contribution in [2.45, 2.75) is 0 Å². The van der Waals surface area contributed by atoms with Gasteiger partial charge in [-0.25, -0.2) is 15.0 Å². The number of nitrogens with zero attached hydrogens (tertiary/aromatic N) is 4. The highest BCUT2D eigenvalue weighted by molar-refractivity contribution is 6.15. The maximum atomic E-state index is 10.9. The maximum Gasteiger partial charge on any atom is 0.164 e. The van der Waals surface area contributed by atoms with Gasteiger partial charge in [-0.3, -0.25) is 0 Å². The quantitative estimate of drug-likeness (QED) is 0.143. The molecular weight excluding hydrogens is 777 g/mol. The molecule has 4 heteroatoms. The van der Waals surface area contributed by atoms with Crippen LogP contribution in [-0.4, -0.2) is 15.0 Å². The van der Waals surface area contributed by atoms with E-state index in [1.807, 2.05) is 66.7 Å². The molecule has 0 spiro atoms. The number of fused-ring (bicyclic) bond motifs is 3. The van der Waals surface area contributed by atoms with Gasteiger partial charge in [0.2, 0.25) is 0 Å². The Hall–Kier alpha value is -8.78. The molecule has 0 aliphatic heterocycles. The summed E-state index contributed by atoms with van der Waals surface area (Å²) in [6.45, 7) is 0. The second-order valence-electron chi connectivity index (χ2n) is 15.8. The minimum absolute atomic E-state index is 0.595. The highest BCUT2D eigenvalue weighted by atomic mass is 15.0. The summed E-state index contributed by atoms with van der Waals surface area (Å²) in [5, 5.41) is 15.7. The molecule has 64 heavy (non-hydrogen) atoms. The van der Waals surface area contributed by atoms with Crippen molar-refractivity contribution in [3.05, 3.63) is 236 Å². The molecular formula is C60H38N4. The number of nitriles is 1. The molecule has 10 aromatic carbocycles. The first-order valence-corrected chi connectivity index (χ1v) is 21.4. The number of hydrogen-bond donors (Lipinski definition) is 0. The van der Waals surface area contributed by atoms with Gasteiger partial charge in [-0.2, -0.15) is 5.26 Å². The van der Waals surface area contributed by atoms with Gasteiger partial charge in [-0.05, 0) is 78.2 Å². The van der Waals surface area contributed by atoms with Gasteiger partial charge in [0.25, 0.3) is 0 Å². The molecule has 11 rings (SSSR count). The number of benzene rings is 10. The number of aromatic nitrogens is 3. The van der Waals surface area contributed by atoms with Crippen LogP contribution in [0.1, 0.15) is 5.56 Å². The van der Waals surface area contributed by atoms with Crippen LogP contribution in [0.25, 0.3) is 111 Å². The first-order valence-electron chi connectivity index (χ1n) is 21.4. The lowest BCUT2D eigenvalue weighted by molar-refractivity contribution is 1.07. The van der Waals surface area contributed by atoms with Crippen molar-refractivity contribution in [1.82, 2.24) is 15.0 Å².